The van der Waals surface area contributed by atoms with Gasteiger partial charge in [-0.3, -0.25) is 0 Å². The summed E-state index contributed by atoms with van der Waals surface area (Å²) in [5.41, 5.74) is 0. The minimum atomic E-state index is -0.519. The zero-order chi connectivity index (χ0) is 10.9. The third kappa shape index (κ3) is 9.64. The van der Waals surface area contributed by atoms with Gasteiger partial charge in [-0.1, -0.05) is 40.0 Å². The molecule has 0 atom stereocenters. The molecule has 0 aliphatic carbocycles. The van der Waals surface area contributed by atoms with Crippen molar-refractivity contribution in [2.75, 3.05) is 25.2 Å². The SMILES string of the molecule is CCCC[P+](C)(CCCC)CCCC.[ClH2+]. The Morgan fingerprint density at radius 1 is 0.667 bits per heavy atom. The van der Waals surface area contributed by atoms with Crippen LogP contribution in [0.3, 0.4) is 0 Å². The highest BCUT2D eigenvalue weighted by Crippen LogP contribution is 2.57. The van der Waals surface area contributed by atoms with Crippen LogP contribution in [-0.4, -0.2) is 25.2 Å². The predicted molar refractivity (Wildman–Crippen MR) is 75.0 cm³/mol. The lowest BCUT2D eigenvalue weighted by molar-refractivity contribution is -0.00000339. The first-order valence-electron chi connectivity index (χ1n) is 6.52. The molecule has 0 saturated heterocycles. The monoisotopic (exact) mass is 254 g/mol. The van der Waals surface area contributed by atoms with Gasteiger partial charge in [0, 0.05) is 13.9 Å². The van der Waals surface area contributed by atoms with Gasteiger partial charge in [-0.15, -0.1) is 0 Å². The average molecular weight is 255 g/mol. The van der Waals surface area contributed by atoms with E-state index in [1.807, 2.05) is 0 Å². The highest BCUT2D eigenvalue weighted by molar-refractivity contribution is 7.75. The Labute approximate surface area is 104 Å². The topological polar surface area (TPSA) is 0 Å². The maximum absolute atomic E-state index is 2.62. The van der Waals surface area contributed by atoms with E-state index in [0.717, 1.165) is 0 Å². The lowest BCUT2D eigenvalue weighted by atomic mass is 10.4. The summed E-state index contributed by atoms with van der Waals surface area (Å²) in [6.07, 6.45) is 13.2. The van der Waals surface area contributed by atoms with E-state index < -0.39 is 7.26 Å². The summed E-state index contributed by atoms with van der Waals surface area (Å²) in [7, 11) is -0.519. The molecule has 0 amide bonds. The van der Waals surface area contributed by atoms with E-state index in [9.17, 15) is 0 Å². The van der Waals surface area contributed by atoms with Crippen LogP contribution in [-0.2, 0) is 0 Å². The molecule has 2 heteroatoms. The van der Waals surface area contributed by atoms with Gasteiger partial charge in [-0.25, -0.2) is 0 Å². The van der Waals surface area contributed by atoms with Crippen LogP contribution >= 0.6 is 7.26 Å². The van der Waals surface area contributed by atoms with Gasteiger partial charge in [-0.2, -0.15) is 0 Å². The van der Waals surface area contributed by atoms with Crippen LogP contribution in [0.5, 0.6) is 0 Å². The molecule has 0 aromatic heterocycles. The Morgan fingerprint density at radius 2 is 0.933 bits per heavy atom. The van der Waals surface area contributed by atoms with Crippen molar-refractivity contribution in [3.8, 4) is 0 Å². The van der Waals surface area contributed by atoms with Crippen molar-refractivity contribution in [1.82, 2.24) is 0 Å². The first-order chi connectivity index (χ1) is 6.68. The zero-order valence-electron chi connectivity index (χ0n) is 11.3. The molecule has 0 heterocycles. The van der Waals surface area contributed by atoms with Crippen LogP contribution in [0.15, 0.2) is 0 Å². The Hall–Kier alpha value is 0.720. The van der Waals surface area contributed by atoms with Gasteiger partial charge in [0.1, 0.15) is 0 Å². The number of rotatable bonds is 9. The highest BCUT2D eigenvalue weighted by atomic mass is 35.5. The Bertz CT molecular complexity index is 104. The fourth-order valence-electron chi connectivity index (χ4n) is 1.95. The average Bonchev–Trinajstić information content (AvgIpc) is 2.21. The molecule has 0 unspecified atom stereocenters. The molecular weight excluding hydrogens is 223 g/mol. The predicted octanol–water partition coefficient (Wildman–Crippen LogP) is 4.50. The van der Waals surface area contributed by atoms with Crippen molar-refractivity contribution in [3.63, 3.8) is 0 Å². The standard InChI is InChI=1S/C13H30P.ClH2/c1-5-8-11-14(4,12-9-6-2)13-10-7-3;/h5-13H2,1-4H3;1H2/q2*+1. The minimum absolute atomic E-state index is 0. The summed E-state index contributed by atoms with van der Waals surface area (Å²) in [5.74, 6) is 0. The van der Waals surface area contributed by atoms with Gasteiger partial charge in [0.2, 0.25) is 0 Å². The van der Waals surface area contributed by atoms with E-state index in [1.165, 1.54) is 38.5 Å². The van der Waals surface area contributed by atoms with E-state index in [1.54, 1.807) is 18.5 Å². The lowest BCUT2D eigenvalue weighted by Crippen LogP contribution is -2.07. The molecule has 0 saturated carbocycles. The molecule has 0 aromatic rings. The molecule has 0 bridgehead atoms. The second kappa shape index (κ2) is 11.2. The molecule has 0 spiro atoms. The quantitative estimate of drug-likeness (QED) is 0.532. The van der Waals surface area contributed by atoms with Crippen molar-refractivity contribution in [3.05, 3.63) is 0 Å². The smallest absolute Gasteiger partial charge is 0.0652 e. The first-order valence-corrected chi connectivity index (χ1v) is 9.31. The van der Waals surface area contributed by atoms with Crippen LogP contribution in [0, 0.1) is 12.4 Å². The molecular formula is C13H32ClP+2. The summed E-state index contributed by atoms with van der Waals surface area (Å²) in [5, 5.41) is 0. The maximum atomic E-state index is 2.62. The van der Waals surface area contributed by atoms with Crippen LogP contribution < -0.4 is 0 Å². The minimum Gasteiger partial charge on any atom is -0.0652 e. The lowest BCUT2D eigenvalue weighted by Gasteiger charge is -2.22. The van der Waals surface area contributed by atoms with E-state index in [-0.39, 0.29) is 12.4 Å². The first kappa shape index (κ1) is 18.1. The Balaban J connectivity index is 0. The van der Waals surface area contributed by atoms with Crippen LogP contribution in [0.2, 0.25) is 0 Å². The largest absolute Gasteiger partial charge is 0.0903 e. The Kier molecular flexibility index (Phi) is 13.5. The summed E-state index contributed by atoms with van der Waals surface area (Å²) < 4.78 is 0. The van der Waals surface area contributed by atoms with Gasteiger partial charge < -0.3 is 0 Å². The number of unbranched alkanes of at least 4 members (excludes halogenated alkanes) is 3. The van der Waals surface area contributed by atoms with E-state index in [4.69, 9.17) is 0 Å². The highest BCUT2D eigenvalue weighted by Gasteiger charge is 2.28. The summed E-state index contributed by atoms with van der Waals surface area (Å²) in [4.78, 5) is 0. The summed E-state index contributed by atoms with van der Waals surface area (Å²) >= 11 is 0. The molecule has 0 fully saturated rings. The Morgan fingerprint density at radius 3 is 1.13 bits per heavy atom. The molecule has 0 aromatic carbocycles. The summed E-state index contributed by atoms with van der Waals surface area (Å²) in [6, 6.07) is 0. The van der Waals surface area contributed by atoms with Gasteiger partial charge in [-0.05, 0) is 19.3 Å². The second-order valence-electron chi connectivity index (χ2n) is 4.85. The van der Waals surface area contributed by atoms with Gasteiger partial charge >= 0.3 is 0 Å². The van der Waals surface area contributed by atoms with Crippen LogP contribution in [0.25, 0.3) is 0 Å². The molecule has 0 aliphatic heterocycles. The van der Waals surface area contributed by atoms with Crippen molar-refractivity contribution < 1.29 is 12.4 Å². The fourth-order valence-corrected chi connectivity index (χ4v) is 5.86. The van der Waals surface area contributed by atoms with Gasteiger partial charge in [0.15, 0.2) is 0 Å². The third-order valence-electron chi connectivity index (χ3n) is 3.15. The zero-order valence-corrected chi connectivity index (χ0v) is 13.0. The van der Waals surface area contributed by atoms with Crippen LogP contribution in [0.1, 0.15) is 59.3 Å². The van der Waals surface area contributed by atoms with Crippen molar-refractivity contribution in [1.29, 1.82) is 0 Å². The molecule has 0 aliphatic rings. The molecule has 0 nitrogen and oxygen atoms in total. The van der Waals surface area contributed by atoms with Gasteiger partial charge in [0.05, 0.1) is 30.9 Å². The van der Waals surface area contributed by atoms with Crippen LogP contribution in [0.4, 0.5) is 0 Å². The number of hydrogen-bond acceptors (Lipinski definition) is 0. The maximum Gasteiger partial charge on any atom is 0.0903 e. The van der Waals surface area contributed by atoms with E-state index in [2.05, 4.69) is 27.4 Å². The normalized spacial score (nSPS) is 11.2. The van der Waals surface area contributed by atoms with E-state index in [0.29, 0.717) is 0 Å². The second-order valence-corrected chi connectivity index (χ2v) is 9.43. The van der Waals surface area contributed by atoms with Crippen molar-refractivity contribution in [2.24, 2.45) is 0 Å². The third-order valence-corrected chi connectivity index (χ3v) is 7.34. The fraction of sp³-hybridized carbons (Fsp3) is 1.00. The molecule has 0 N–H and O–H groups in total. The molecule has 94 valence electrons. The van der Waals surface area contributed by atoms with Crippen molar-refractivity contribution >= 4 is 7.26 Å². The number of hydrogen-bond donors (Lipinski definition) is 0. The molecule has 15 heavy (non-hydrogen) atoms. The van der Waals surface area contributed by atoms with E-state index >= 15 is 0 Å². The molecule has 0 rings (SSSR count). The van der Waals surface area contributed by atoms with Gasteiger partial charge in [0.25, 0.3) is 0 Å². The summed E-state index contributed by atoms with van der Waals surface area (Å²) in [6.45, 7) is 9.59. The number of halogens is 1. The molecule has 0 radical (unpaired) electrons. The van der Waals surface area contributed by atoms with Crippen molar-refractivity contribution in [2.45, 2.75) is 59.3 Å².